The molecule has 0 bridgehead atoms. The summed E-state index contributed by atoms with van der Waals surface area (Å²) in [5.74, 6) is -0.198. The first-order valence-electron chi connectivity index (χ1n) is 4.68. The molecule has 0 aliphatic carbocycles. The van der Waals surface area contributed by atoms with Crippen molar-refractivity contribution in [2.45, 2.75) is 45.2 Å². The monoisotopic (exact) mass is 188 g/mol. The summed E-state index contributed by atoms with van der Waals surface area (Å²) in [7, 11) is 0. The average Bonchev–Trinajstić information content (AvgIpc) is 2.13. The summed E-state index contributed by atoms with van der Waals surface area (Å²) in [6, 6.07) is -0.179. The van der Waals surface area contributed by atoms with Gasteiger partial charge in [0.15, 0.2) is 0 Å². The molecule has 0 saturated carbocycles. The van der Waals surface area contributed by atoms with Crippen LogP contribution in [0.4, 0.5) is 0 Å². The van der Waals surface area contributed by atoms with Crippen molar-refractivity contribution in [1.82, 2.24) is 5.32 Å². The van der Waals surface area contributed by atoms with E-state index in [4.69, 9.17) is 10.8 Å². The predicted octanol–water partition coefficient (Wildman–Crippen LogP) is 0.000900. The van der Waals surface area contributed by atoms with E-state index in [1.54, 1.807) is 6.92 Å². The van der Waals surface area contributed by atoms with Gasteiger partial charge in [-0.1, -0.05) is 13.8 Å². The van der Waals surface area contributed by atoms with Gasteiger partial charge in [0.1, 0.15) is 0 Å². The minimum Gasteiger partial charge on any atom is -0.394 e. The molecule has 0 aromatic heterocycles. The molecule has 1 unspecified atom stereocenters. The van der Waals surface area contributed by atoms with Gasteiger partial charge in [0.25, 0.3) is 0 Å². The molecule has 0 heterocycles. The van der Waals surface area contributed by atoms with Gasteiger partial charge in [0.2, 0.25) is 5.91 Å². The largest absolute Gasteiger partial charge is 0.394 e. The first kappa shape index (κ1) is 12.4. The number of nitrogens with one attached hydrogen (secondary N) is 1. The maximum Gasteiger partial charge on any atom is 0.240 e. The van der Waals surface area contributed by atoms with Crippen LogP contribution in [-0.4, -0.2) is 29.2 Å². The molecule has 13 heavy (non-hydrogen) atoms. The van der Waals surface area contributed by atoms with Crippen molar-refractivity contribution >= 4 is 5.91 Å². The molecule has 4 nitrogen and oxygen atoms in total. The fraction of sp³-hybridized carbons (Fsp3) is 0.889. The van der Waals surface area contributed by atoms with Crippen LogP contribution in [-0.2, 0) is 4.79 Å². The van der Waals surface area contributed by atoms with E-state index in [-0.39, 0.29) is 18.6 Å². The normalized spacial score (nSPS) is 17.6. The second-order valence-corrected chi connectivity index (χ2v) is 3.53. The Morgan fingerprint density at radius 1 is 1.62 bits per heavy atom. The van der Waals surface area contributed by atoms with Crippen LogP contribution >= 0.6 is 0 Å². The lowest BCUT2D eigenvalue weighted by molar-refractivity contribution is -0.127. The van der Waals surface area contributed by atoms with Crippen LogP contribution in [0.15, 0.2) is 0 Å². The minimum atomic E-state index is -0.831. The standard InChI is InChI=1S/C9H20N2O2/c1-4-7(6-12)11-8(13)9(3,10)5-2/h7,12H,4-6,10H2,1-3H3,(H,11,13)/t7-,9?/m0/s1. The molecule has 0 radical (unpaired) electrons. The molecule has 0 aliphatic rings. The van der Waals surface area contributed by atoms with Gasteiger partial charge in [-0.05, 0) is 19.8 Å². The zero-order chi connectivity index (χ0) is 10.5. The highest BCUT2D eigenvalue weighted by Gasteiger charge is 2.27. The quantitative estimate of drug-likeness (QED) is 0.568. The zero-order valence-electron chi connectivity index (χ0n) is 8.63. The smallest absolute Gasteiger partial charge is 0.240 e. The van der Waals surface area contributed by atoms with Crippen LogP contribution < -0.4 is 11.1 Å². The summed E-state index contributed by atoms with van der Waals surface area (Å²) in [4.78, 5) is 11.5. The van der Waals surface area contributed by atoms with Gasteiger partial charge in [0.05, 0.1) is 18.2 Å². The number of hydrogen-bond acceptors (Lipinski definition) is 3. The molecule has 0 aromatic carbocycles. The first-order valence-corrected chi connectivity index (χ1v) is 4.68. The van der Waals surface area contributed by atoms with E-state index in [0.29, 0.717) is 12.8 Å². The molecule has 0 fully saturated rings. The first-order chi connectivity index (χ1) is 5.97. The minimum absolute atomic E-state index is 0.0396. The van der Waals surface area contributed by atoms with Crippen molar-refractivity contribution in [3.8, 4) is 0 Å². The summed E-state index contributed by atoms with van der Waals surface area (Å²) >= 11 is 0. The lowest BCUT2D eigenvalue weighted by Crippen LogP contribution is -2.54. The second kappa shape index (κ2) is 5.19. The predicted molar refractivity (Wildman–Crippen MR) is 52.2 cm³/mol. The van der Waals surface area contributed by atoms with Gasteiger partial charge < -0.3 is 16.2 Å². The van der Waals surface area contributed by atoms with E-state index >= 15 is 0 Å². The Balaban J connectivity index is 4.13. The Kier molecular flexibility index (Phi) is 4.95. The van der Waals surface area contributed by atoms with E-state index in [9.17, 15) is 4.79 Å². The summed E-state index contributed by atoms with van der Waals surface area (Å²) in [6.45, 7) is 5.41. The fourth-order valence-electron chi connectivity index (χ4n) is 0.788. The summed E-state index contributed by atoms with van der Waals surface area (Å²) in [6.07, 6.45) is 1.29. The highest BCUT2D eigenvalue weighted by atomic mass is 16.3. The van der Waals surface area contributed by atoms with Gasteiger partial charge >= 0.3 is 0 Å². The number of aliphatic hydroxyl groups excluding tert-OH is 1. The Labute approximate surface area is 79.5 Å². The highest BCUT2D eigenvalue weighted by Crippen LogP contribution is 2.05. The topological polar surface area (TPSA) is 75.3 Å². The Bertz CT molecular complexity index is 165. The van der Waals surface area contributed by atoms with Gasteiger partial charge in [-0.15, -0.1) is 0 Å². The number of aliphatic hydroxyl groups is 1. The molecular formula is C9H20N2O2. The highest BCUT2D eigenvalue weighted by molar-refractivity contribution is 5.85. The number of nitrogens with two attached hydrogens (primary N) is 1. The van der Waals surface area contributed by atoms with Crippen molar-refractivity contribution in [3.05, 3.63) is 0 Å². The van der Waals surface area contributed by atoms with Gasteiger partial charge in [0, 0.05) is 0 Å². The van der Waals surface area contributed by atoms with Crippen molar-refractivity contribution in [1.29, 1.82) is 0 Å². The van der Waals surface area contributed by atoms with Crippen LogP contribution in [0.3, 0.4) is 0 Å². The lowest BCUT2D eigenvalue weighted by Gasteiger charge is -2.24. The summed E-state index contributed by atoms with van der Waals surface area (Å²) in [5.41, 5.74) is 4.89. The molecule has 4 heteroatoms. The summed E-state index contributed by atoms with van der Waals surface area (Å²) in [5, 5.41) is 11.6. The van der Waals surface area contributed by atoms with Gasteiger partial charge in [-0.3, -0.25) is 4.79 Å². The Hall–Kier alpha value is -0.610. The van der Waals surface area contributed by atoms with E-state index in [1.165, 1.54) is 0 Å². The van der Waals surface area contributed by atoms with E-state index in [1.807, 2.05) is 13.8 Å². The van der Waals surface area contributed by atoms with Crippen molar-refractivity contribution in [2.24, 2.45) is 5.73 Å². The Morgan fingerprint density at radius 3 is 2.46 bits per heavy atom. The lowest BCUT2D eigenvalue weighted by atomic mass is 9.99. The number of carbonyl (C=O) groups excluding carboxylic acids is 1. The van der Waals surface area contributed by atoms with Crippen LogP contribution in [0, 0.1) is 0 Å². The number of amides is 1. The van der Waals surface area contributed by atoms with E-state index in [2.05, 4.69) is 5.32 Å². The molecule has 1 amide bonds. The third-order valence-corrected chi connectivity index (χ3v) is 2.30. The van der Waals surface area contributed by atoms with Gasteiger partial charge in [-0.25, -0.2) is 0 Å². The summed E-state index contributed by atoms with van der Waals surface area (Å²) < 4.78 is 0. The molecule has 0 spiro atoms. The molecule has 4 N–H and O–H groups in total. The fourth-order valence-corrected chi connectivity index (χ4v) is 0.788. The SMILES string of the molecule is CC[C@@H](CO)NC(=O)C(C)(N)CC. The molecular weight excluding hydrogens is 168 g/mol. The number of carbonyl (C=O) groups is 1. The molecule has 78 valence electrons. The maximum atomic E-state index is 11.5. The van der Waals surface area contributed by atoms with E-state index in [0.717, 1.165) is 0 Å². The third kappa shape index (κ3) is 3.74. The molecule has 0 aromatic rings. The van der Waals surface area contributed by atoms with Crippen molar-refractivity contribution in [2.75, 3.05) is 6.61 Å². The molecule has 0 aliphatic heterocycles. The molecule has 0 rings (SSSR count). The zero-order valence-corrected chi connectivity index (χ0v) is 8.63. The van der Waals surface area contributed by atoms with Crippen LogP contribution in [0.5, 0.6) is 0 Å². The second-order valence-electron chi connectivity index (χ2n) is 3.53. The number of hydrogen-bond donors (Lipinski definition) is 3. The van der Waals surface area contributed by atoms with Crippen molar-refractivity contribution in [3.63, 3.8) is 0 Å². The maximum absolute atomic E-state index is 11.5. The molecule has 0 saturated heterocycles. The number of rotatable bonds is 5. The van der Waals surface area contributed by atoms with E-state index < -0.39 is 5.54 Å². The van der Waals surface area contributed by atoms with Crippen LogP contribution in [0.2, 0.25) is 0 Å². The van der Waals surface area contributed by atoms with Crippen molar-refractivity contribution < 1.29 is 9.90 Å². The Morgan fingerprint density at radius 2 is 2.15 bits per heavy atom. The third-order valence-electron chi connectivity index (χ3n) is 2.30. The average molecular weight is 188 g/mol. The van der Waals surface area contributed by atoms with Gasteiger partial charge in [-0.2, -0.15) is 0 Å². The van der Waals surface area contributed by atoms with Crippen LogP contribution in [0.1, 0.15) is 33.6 Å². The van der Waals surface area contributed by atoms with Crippen LogP contribution in [0.25, 0.3) is 0 Å². The molecule has 2 atom stereocenters.